The molecule has 19 nitrogen and oxygen atoms in total. The first kappa shape index (κ1) is 70.0. The van der Waals surface area contributed by atoms with Crippen molar-refractivity contribution in [2.45, 2.75) is 200 Å². The average molecular weight is 1200 g/mol. The monoisotopic (exact) mass is 1200 g/mol. The third-order valence-electron chi connectivity index (χ3n) is 17.9. The number of hydrogen-bond acceptors (Lipinski definition) is 14. The van der Waals surface area contributed by atoms with Gasteiger partial charge in [0.25, 0.3) is 11.4 Å². The Hall–Kier alpha value is -7.48. The van der Waals surface area contributed by atoms with E-state index in [2.05, 4.69) is 139 Å². The molecular weight excluding hydrogens is 1110 g/mol. The molecule has 5 aromatic carbocycles. The van der Waals surface area contributed by atoms with Crippen LogP contribution < -0.4 is 40.1 Å². The molecule has 5 aromatic rings. The van der Waals surface area contributed by atoms with Crippen LogP contribution in [0.1, 0.15) is 125 Å². The molecule has 0 radical (unpaired) electrons. The Kier molecular flexibility index (Phi) is 24.3. The fourth-order valence-electron chi connectivity index (χ4n) is 11.2. The first-order valence-corrected chi connectivity index (χ1v) is 29.0. The third-order valence-corrected chi connectivity index (χ3v) is 18.0. The van der Waals surface area contributed by atoms with E-state index in [1.165, 1.54) is 128 Å². The summed E-state index contributed by atoms with van der Waals surface area (Å²) in [6.45, 7) is 44.4. The standard InChI is InChI=1S/C23H28N2O5.C18H28N2O2.C16H25NO.C7H4ClNO4.CH5N/c1-12-13(2)15(4)21(16(5)14(12)3)30-22-17(6)24(18(22)7)23(26)29-20-10-8-19(9-11-20)25(27)28;1-9-10(2)12(4)16(13(5)11(9)3)22-17-14(6)20(15(17)7)18(21)19-8;1-8-9(2)11(4)15(12(5)10(8)3)18-16-13(6)17-14(16)7;8-7(10)13-6-3-1-5(2-4-6)9(11)12;1-2/h8-11,17-18,22H,1-7H3;14-15,17H,1-8H3,(H,19,21);13-14,16-17H,1-7H3;1-4H;2H2,1H3. The molecule has 0 aliphatic carbocycles. The first-order valence-electron chi connectivity index (χ1n) is 28.6. The number of nitrogens with zero attached hydrogens (tertiary/aromatic N) is 4. The fraction of sp³-hybridized carbons (Fsp3) is 0.492. The van der Waals surface area contributed by atoms with E-state index in [-0.39, 0.29) is 65.3 Å². The molecule has 0 aromatic heterocycles. The molecule has 464 valence electrons. The minimum absolute atomic E-state index is 0.0374. The fourth-order valence-corrected chi connectivity index (χ4v) is 11.3. The largest absolute Gasteiger partial charge is 0.487 e. The zero-order valence-electron chi connectivity index (χ0n) is 54.0. The van der Waals surface area contributed by atoms with Crippen LogP contribution in [0.5, 0.6) is 28.7 Å². The molecule has 85 heavy (non-hydrogen) atoms. The third kappa shape index (κ3) is 15.3. The second-order valence-corrected chi connectivity index (χ2v) is 22.7. The van der Waals surface area contributed by atoms with Gasteiger partial charge in [0, 0.05) is 55.0 Å². The quantitative estimate of drug-likeness (QED) is 0.0670. The van der Waals surface area contributed by atoms with Gasteiger partial charge >= 0.3 is 17.6 Å². The summed E-state index contributed by atoms with van der Waals surface area (Å²) in [4.78, 5) is 58.1. The molecule has 20 heteroatoms. The van der Waals surface area contributed by atoms with Gasteiger partial charge in [-0.1, -0.05) is 0 Å². The van der Waals surface area contributed by atoms with Gasteiger partial charge in [0.15, 0.2) is 0 Å². The molecule has 3 fully saturated rings. The van der Waals surface area contributed by atoms with Crippen molar-refractivity contribution < 1.29 is 47.9 Å². The van der Waals surface area contributed by atoms with Crippen molar-refractivity contribution in [2.24, 2.45) is 5.73 Å². The van der Waals surface area contributed by atoms with Gasteiger partial charge in [-0.05, 0) is 260 Å². The Bertz CT molecular complexity index is 3150. The van der Waals surface area contributed by atoms with E-state index in [1.807, 2.05) is 32.6 Å². The number of likely N-dealkylation sites (tertiary alicyclic amines) is 2. The summed E-state index contributed by atoms with van der Waals surface area (Å²) in [7, 11) is 3.16. The Labute approximate surface area is 507 Å². The van der Waals surface area contributed by atoms with Crippen molar-refractivity contribution in [2.75, 3.05) is 14.1 Å². The number of carbonyl (C=O) groups excluding carboxylic acids is 3. The van der Waals surface area contributed by atoms with Gasteiger partial charge in [0.1, 0.15) is 47.1 Å². The van der Waals surface area contributed by atoms with Gasteiger partial charge in [0.2, 0.25) is 0 Å². The van der Waals surface area contributed by atoms with Crippen molar-refractivity contribution in [1.82, 2.24) is 20.4 Å². The highest BCUT2D eigenvalue weighted by Gasteiger charge is 2.50. The summed E-state index contributed by atoms with van der Waals surface area (Å²) in [5.74, 6) is 3.42. The van der Waals surface area contributed by atoms with Crippen LogP contribution in [-0.4, -0.2) is 106 Å². The predicted molar refractivity (Wildman–Crippen MR) is 336 cm³/mol. The van der Waals surface area contributed by atoms with Crippen LogP contribution in [0, 0.1) is 124 Å². The lowest BCUT2D eigenvalue weighted by Gasteiger charge is -2.51. The highest BCUT2D eigenvalue weighted by Crippen LogP contribution is 2.40. The SMILES string of the molecule is CN.CNC(=O)N1C(C)C(Oc2c(C)c(C)c(C)c(C)c2C)C1C.Cc1c(C)c(C)c(OC2C(C)N(C(=O)Oc3ccc([N+](=O)[O-])cc3)C2C)c(C)c1C.Cc1c(C)c(C)c(OC2C(C)NC2C)c(C)c1C.O=C(Cl)Oc1ccc([N+](=O)[O-])cc1. The Balaban J connectivity index is 0.000000250. The Morgan fingerprint density at radius 3 is 0.976 bits per heavy atom. The maximum Gasteiger partial charge on any atom is 0.415 e. The summed E-state index contributed by atoms with van der Waals surface area (Å²) in [6.07, 6.45) is -0.304. The Morgan fingerprint density at radius 2 is 0.718 bits per heavy atom. The maximum atomic E-state index is 12.6. The summed E-state index contributed by atoms with van der Waals surface area (Å²) in [6, 6.07) is 11.2. The molecule has 3 amide bonds. The van der Waals surface area contributed by atoms with Gasteiger partial charge in [-0.3, -0.25) is 25.1 Å². The van der Waals surface area contributed by atoms with E-state index in [1.54, 1.807) is 11.9 Å². The van der Waals surface area contributed by atoms with Crippen molar-refractivity contribution in [1.29, 1.82) is 0 Å². The highest BCUT2D eigenvalue weighted by atomic mass is 35.5. The number of nitrogens with one attached hydrogen (secondary N) is 2. The van der Waals surface area contributed by atoms with E-state index < -0.39 is 21.4 Å². The number of ether oxygens (including phenoxy) is 5. The van der Waals surface area contributed by atoms with Crippen LogP contribution in [0.2, 0.25) is 0 Å². The normalized spacial score (nSPS) is 20.6. The highest BCUT2D eigenvalue weighted by molar-refractivity contribution is 6.61. The summed E-state index contributed by atoms with van der Waals surface area (Å²) < 4.78 is 28.9. The van der Waals surface area contributed by atoms with Crippen LogP contribution in [-0.2, 0) is 0 Å². The lowest BCUT2D eigenvalue weighted by molar-refractivity contribution is -0.385. The van der Waals surface area contributed by atoms with Gasteiger partial charge in [-0.15, -0.1) is 0 Å². The molecule has 8 rings (SSSR count). The molecule has 3 saturated heterocycles. The van der Waals surface area contributed by atoms with Crippen LogP contribution in [0.25, 0.3) is 0 Å². The number of nitro benzene ring substituents is 2. The minimum atomic E-state index is -0.978. The van der Waals surface area contributed by atoms with Crippen LogP contribution >= 0.6 is 11.6 Å². The number of urea groups is 1. The number of rotatable bonds is 10. The van der Waals surface area contributed by atoms with Crippen LogP contribution in [0.15, 0.2) is 48.5 Å². The van der Waals surface area contributed by atoms with Gasteiger partial charge < -0.3 is 45.0 Å². The lowest BCUT2D eigenvalue weighted by Crippen LogP contribution is -2.70. The lowest BCUT2D eigenvalue weighted by atomic mass is 9.90. The first-order chi connectivity index (χ1) is 39.7. The smallest absolute Gasteiger partial charge is 0.415 e. The van der Waals surface area contributed by atoms with E-state index in [0.29, 0.717) is 18.2 Å². The number of hydrogen-bond donors (Lipinski definition) is 3. The van der Waals surface area contributed by atoms with Crippen molar-refractivity contribution in [3.05, 3.63) is 152 Å². The maximum absolute atomic E-state index is 12.6. The number of non-ortho nitro benzene ring substituents is 2. The molecule has 3 aliphatic rings. The predicted octanol–water partition coefficient (Wildman–Crippen LogP) is 13.8. The van der Waals surface area contributed by atoms with Gasteiger partial charge in [0.05, 0.1) is 34.0 Å². The average Bonchev–Trinajstić information content (AvgIpc) is 1.09. The topological polar surface area (TPSA) is 240 Å². The number of benzene rings is 5. The zero-order chi connectivity index (χ0) is 64.5. The minimum Gasteiger partial charge on any atom is -0.487 e. The number of halogens is 1. The van der Waals surface area contributed by atoms with E-state index in [9.17, 15) is 34.6 Å². The van der Waals surface area contributed by atoms with E-state index in [0.717, 1.165) is 28.4 Å². The number of nitrogens with two attached hydrogens (primary N) is 1. The number of nitro groups is 2. The summed E-state index contributed by atoms with van der Waals surface area (Å²) in [5.41, 5.74) is 22.4. The van der Waals surface area contributed by atoms with Crippen LogP contribution in [0.3, 0.4) is 0 Å². The molecule has 3 aliphatic heterocycles. The molecule has 3 heterocycles. The molecule has 0 spiro atoms. The van der Waals surface area contributed by atoms with Crippen molar-refractivity contribution >= 4 is 40.5 Å². The van der Waals surface area contributed by atoms with E-state index >= 15 is 0 Å². The van der Waals surface area contributed by atoms with Crippen molar-refractivity contribution in [3.8, 4) is 28.7 Å². The summed E-state index contributed by atoms with van der Waals surface area (Å²) >= 11 is 4.92. The number of amides is 3. The molecule has 4 N–H and O–H groups in total. The second kappa shape index (κ2) is 29.6. The molecule has 0 bridgehead atoms. The summed E-state index contributed by atoms with van der Waals surface area (Å²) in [5, 5.41) is 27.1. The van der Waals surface area contributed by atoms with Gasteiger partial charge in [-0.2, -0.15) is 0 Å². The molecule has 6 unspecified atom stereocenters. The molecular formula is C65H90ClN7O12. The number of carbonyl (C=O) groups is 3. The van der Waals surface area contributed by atoms with Crippen LogP contribution in [0.4, 0.5) is 25.8 Å². The molecule has 6 atom stereocenters. The van der Waals surface area contributed by atoms with Crippen molar-refractivity contribution in [3.63, 3.8) is 0 Å². The second-order valence-electron chi connectivity index (χ2n) is 22.4. The van der Waals surface area contributed by atoms with Gasteiger partial charge in [-0.25, -0.2) is 14.4 Å². The van der Waals surface area contributed by atoms with E-state index in [4.69, 9.17) is 30.5 Å². The molecule has 0 saturated carbocycles. The zero-order valence-corrected chi connectivity index (χ0v) is 54.7. The Morgan fingerprint density at radius 1 is 0.459 bits per heavy atom.